The highest BCUT2D eigenvalue weighted by molar-refractivity contribution is 14.1. The van der Waals surface area contributed by atoms with Gasteiger partial charge < -0.3 is 5.32 Å². The van der Waals surface area contributed by atoms with Crippen LogP contribution in [0.25, 0.3) is 0 Å². The molecule has 0 amide bonds. The Labute approximate surface area is 118 Å². The van der Waals surface area contributed by atoms with Crippen molar-refractivity contribution in [3.63, 3.8) is 0 Å². The number of nitrogens with zero attached hydrogens (tertiary/aromatic N) is 3. The van der Waals surface area contributed by atoms with Gasteiger partial charge in [-0.1, -0.05) is 42.4 Å². The summed E-state index contributed by atoms with van der Waals surface area (Å²) >= 11 is 2.44. The Kier molecular flexibility index (Phi) is 8.60. The van der Waals surface area contributed by atoms with Gasteiger partial charge in [-0.15, -0.1) is 0 Å². The van der Waals surface area contributed by atoms with E-state index in [0.29, 0.717) is 0 Å². The number of aromatic nitrogens is 3. The predicted octanol–water partition coefficient (Wildman–Crippen LogP) is 2.77. The van der Waals surface area contributed by atoms with Gasteiger partial charge >= 0.3 is 0 Å². The van der Waals surface area contributed by atoms with E-state index >= 15 is 0 Å². The van der Waals surface area contributed by atoms with E-state index in [4.69, 9.17) is 0 Å². The van der Waals surface area contributed by atoms with Crippen LogP contribution < -0.4 is 5.32 Å². The van der Waals surface area contributed by atoms with E-state index in [9.17, 15) is 0 Å². The molecule has 1 aromatic rings. The number of halogens is 1. The van der Waals surface area contributed by atoms with Crippen molar-refractivity contribution in [1.82, 2.24) is 20.1 Å². The molecule has 0 aliphatic rings. The molecular weight excluding hydrogens is 327 g/mol. The Morgan fingerprint density at radius 1 is 1.29 bits per heavy atom. The van der Waals surface area contributed by atoms with E-state index in [-0.39, 0.29) is 0 Å². The van der Waals surface area contributed by atoms with Crippen molar-refractivity contribution in [1.29, 1.82) is 0 Å². The second-order valence-corrected chi connectivity index (χ2v) is 5.26. The Hall–Kier alpha value is -0.170. The van der Waals surface area contributed by atoms with Crippen LogP contribution in [0.15, 0.2) is 6.33 Å². The minimum absolute atomic E-state index is 0.840. The van der Waals surface area contributed by atoms with Gasteiger partial charge in [0.15, 0.2) is 0 Å². The fourth-order valence-electron chi connectivity index (χ4n) is 1.72. The van der Waals surface area contributed by atoms with Gasteiger partial charge in [0, 0.05) is 6.54 Å². The number of rotatable bonds is 10. The quantitative estimate of drug-likeness (QED) is 0.401. The first-order valence-electron chi connectivity index (χ1n) is 6.51. The molecule has 0 radical (unpaired) electrons. The van der Waals surface area contributed by atoms with E-state index < -0.39 is 0 Å². The second kappa shape index (κ2) is 9.82. The maximum absolute atomic E-state index is 4.27. The van der Waals surface area contributed by atoms with E-state index in [0.717, 1.165) is 31.9 Å². The summed E-state index contributed by atoms with van der Waals surface area (Å²) in [6, 6.07) is 0. The summed E-state index contributed by atoms with van der Waals surface area (Å²) in [7, 11) is 0. The summed E-state index contributed by atoms with van der Waals surface area (Å²) in [4.78, 5) is 4.27. The van der Waals surface area contributed by atoms with E-state index in [1.165, 1.54) is 30.1 Å². The molecule has 0 saturated heterocycles. The topological polar surface area (TPSA) is 42.7 Å². The van der Waals surface area contributed by atoms with Gasteiger partial charge in [-0.05, 0) is 30.2 Å². The molecule has 1 aromatic heterocycles. The SMILES string of the molecule is CCCn1ncnc1CNCCCCCCI. The third kappa shape index (κ3) is 6.35. The van der Waals surface area contributed by atoms with Gasteiger partial charge in [0.25, 0.3) is 0 Å². The maximum atomic E-state index is 4.27. The first kappa shape index (κ1) is 14.9. The molecule has 0 fully saturated rings. The Balaban J connectivity index is 2.07. The van der Waals surface area contributed by atoms with Gasteiger partial charge in [-0.2, -0.15) is 5.10 Å². The molecule has 1 rings (SSSR count). The zero-order valence-electron chi connectivity index (χ0n) is 10.7. The van der Waals surface area contributed by atoms with Crippen molar-refractivity contribution in [3.05, 3.63) is 12.2 Å². The van der Waals surface area contributed by atoms with Crippen LogP contribution in [0.5, 0.6) is 0 Å². The number of hydrogen-bond donors (Lipinski definition) is 1. The average molecular weight is 350 g/mol. The smallest absolute Gasteiger partial charge is 0.140 e. The summed E-state index contributed by atoms with van der Waals surface area (Å²) in [5.74, 6) is 1.05. The van der Waals surface area contributed by atoms with Crippen molar-refractivity contribution < 1.29 is 0 Å². The third-order valence-electron chi connectivity index (χ3n) is 2.65. The molecule has 0 saturated carbocycles. The highest BCUT2D eigenvalue weighted by Crippen LogP contribution is 2.01. The minimum atomic E-state index is 0.840. The van der Waals surface area contributed by atoms with Crippen molar-refractivity contribution in [2.24, 2.45) is 0 Å². The molecule has 0 aliphatic heterocycles. The van der Waals surface area contributed by atoms with Crippen LogP contribution in [0.1, 0.15) is 44.9 Å². The minimum Gasteiger partial charge on any atom is -0.310 e. The van der Waals surface area contributed by atoms with Gasteiger partial charge in [0.1, 0.15) is 12.2 Å². The molecular formula is C12H23IN4. The molecule has 98 valence electrons. The lowest BCUT2D eigenvalue weighted by molar-refractivity contribution is 0.531. The van der Waals surface area contributed by atoms with Crippen molar-refractivity contribution in [2.75, 3.05) is 11.0 Å². The van der Waals surface area contributed by atoms with E-state index in [1.807, 2.05) is 4.68 Å². The van der Waals surface area contributed by atoms with E-state index in [2.05, 4.69) is 44.9 Å². The zero-order chi connectivity index (χ0) is 12.3. The first-order chi connectivity index (χ1) is 8.38. The molecule has 0 atom stereocenters. The van der Waals surface area contributed by atoms with Gasteiger partial charge in [0.2, 0.25) is 0 Å². The van der Waals surface area contributed by atoms with E-state index in [1.54, 1.807) is 6.33 Å². The standard InChI is InChI=1S/C12H23IN4/c1-2-9-17-12(15-11-16-17)10-14-8-6-4-3-5-7-13/h11,14H,2-10H2,1H3. The van der Waals surface area contributed by atoms with Crippen molar-refractivity contribution in [2.45, 2.75) is 52.1 Å². The van der Waals surface area contributed by atoms with Crippen molar-refractivity contribution >= 4 is 22.6 Å². The number of nitrogens with one attached hydrogen (secondary N) is 1. The summed E-state index contributed by atoms with van der Waals surface area (Å²) < 4.78 is 3.27. The molecule has 0 aliphatic carbocycles. The Morgan fingerprint density at radius 2 is 2.12 bits per heavy atom. The number of aryl methyl sites for hydroxylation is 1. The number of unbranched alkanes of at least 4 members (excludes halogenated alkanes) is 3. The number of alkyl halides is 1. The molecule has 0 unspecified atom stereocenters. The fraction of sp³-hybridized carbons (Fsp3) is 0.833. The molecule has 0 aromatic carbocycles. The van der Waals surface area contributed by atoms with Crippen LogP contribution in [0, 0.1) is 0 Å². The summed E-state index contributed by atoms with van der Waals surface area (Å²) in [6.07, 6.45) is 8.05. The summed E-state index contributed by atoms with van der Waals surface area (Å²) in [5.41, 5.74) is 0. The molecule has 5 heteroatoms. The molecule has 0 spiro atoms. The van der Waals surface area contributed by atoms with Gasteiger partial charge in [0.05, 0.1) is 6.54 Å². The van der Waals surface area contributed by atoms with Crippen LogP contribution in [0.3, 0.4) is 0 Å². The van der Waals surface area contributed by atoms with Gasteiger partial charge in [-0.3, -0.25) is 0 Å². The molecule has 1 N–H and O–H groups in total. The maximum Gasteiger partial charge on any atom is 0.140 e. The third-order valence-corrected chi connectivity index (χ3v) is 3.41. The highest BCUT2D eigenvalue weighted by atomic mass is 127. The van der Waals surface area contributed by atoms with Crippen LogP contribution in [0.2, 0.25) is 0 Å². The molecule has 4 nitrogen and oxygen atoms in total. The zero-order valence-corrected chi connectivity index (χ0v) is 12.8. The Bertz CT molecular complexity index is 288. The molecule has 17 heavy (non-hydrogen) atoms. The summed E-state index contributed by atoms with van der Waals surface area (Å²) in [5, 5.41) is 7.65. The van der Waals surface area contributed by atoms with Crippen molar-refractivity contribution in [3.8, 4) is 0 Å². The van der Waals surface area contributed by atoms with Crippen LogP contribution >= 0.6 is 22.6 Å². The highest BCUT2D eigenvalue weighted by Gasteiger charge is 2.01. The lowest BCUT2D eigenvalue weighted by atomic mass is 10.2. The fourth-order valence-corrected chi connectivity index (χ4v) is 2.26. The number of hydrogen-bond acceptors (Lipinski definition) is 3. The molecule has 1 heterocycles. The lowest BCUT2D eigenvalue weighted by Crippen LogP contribution is -2.18. The first-order valence-corrected chi connectivity index (χ1v) is 8.04. The normalized spacial score (nSPS) is 10.9. The lowest BCUT2D eigenvalue weighted by Gasteiger charge is -2.06. The van der Waals surface area contributed by atoms with Crippen LogP contribution in [-0.4, -0.2) is 25.7 Å². The van der Waals surface area contributed by atoms with Crippen LogP contribution in [0.4, 0.5) is 0 Å². The summed E-state index contributed by atoms with van der Waals surface area (Å²) in [6.45, 7) is 5.05. The largest absolute Gasteiger partial charge is 0.310 e. The molecule has 0 bridgehead atoms. The van der Waals surface area contributed by atoms with Crippen LogP contribution in [-0.2, 0) is 13.1 Å². The monoisotopic (exact) mass is 350 g/mol. The Morgan fingerprint density at radius 3 is 2.88 bits per heavy atom. The average Bonchev–Trinajstić information content (AvgIpc) is 2.76. The predicted molar refractivity (Wildman–Crippen MR) is 79.4 cm³/mol. The van der Waals surface area contributed by atoms with Gasteiger partial charge in [-0.25, -0.2) is 9.67 Å². The second-order valence-electron chi connectivity index (χ2n) is 4.18.